The van der Waals surface area contributed by atoms with Gasteiger partial charge in [-0.2, -0.15) is 0 Å². The van der Waals surface area contributed by atoms with Crippen molar-refractivity contribution in [2.75, 3.05) is 5.32 Å². The van der Waals surface area contributed by atoms with Crippen LogP contribution >= 0.6 is 12.2 Å². The number of hydrogen-bond donors (Lipinski definition) is 2. The molecule has 2 heterocycles. The first-order valence-electron chi connectivity index (χ1n) is 4.50. The maximum absolute atomic E-state index is 5.40. The predicted octanol–water partition coefficient (Wildman–Crippen LogP) is 0.711. The quantitative estimate of drug-likeness (QED) is 0.754. The second-order valence-corrected chi connectivity index (χ2v) is 3.44. The van der Waals surface area contributed by atoms with Gasteiger partial charge in [-0.25, -0.2) is 9.97 Å². The van der Waals surface area contributed by atoms with E-state index in [4.69, 9.17) is 22.5 Å². The van der Waals surface area contributed by atoms with Gasteiger partial charge in [0.1, 0.15) is 28.5 Å². The lowest BCUT2D eigenvalue weighted by atomic mass is 10.4. The van der Waals surface area contributed by atoms with Crippen LogP contribution in [0.2, 0.25) is 0 Å². The van der Waals surface area contributed by atoms with Crippen molar-refractivity contribution in [2.45, 2.75) is 6.54 Å². The molecule has 0 saturated carbocycles. The van der Waals surface area contributed by atoms with Gasteiger partial charge in [-0.15, -0.1) is 0 Å². The molecule has 0 saturated heterocycles. The Hall–Kier alpha value is -2.02. The van der Waals surface area contributed by atoms with Crippen molar-refractivity contribution in [2.24, 2.45) is 5.73 Å². The molecule has 2 aromatic rings. The molecular weight excluding hydrogens is 226 g/mol. The van der Waals surface area contributed by atoms with Gasteiger partial charge < -0.3 is 15.6 Å². The zero-order valence-corrected chi connectivity index (χ0v) is 9.07. The molecule has 0 aromatic carbocycles. The van der Waals surface area contributed by atoms with E-state index >= 15 is 0 Å². The SMILES string of the molecule is NC(=S)c1cnc(NCc2ccon2)cn1. The van der Waals surface area contributed by atoms with Gasteiger partial charge in [0.25, 0.3) is 0 Å². The zero-order valence-electron chi connectivity index (χ0n) is 8.25. The maximum atomic E-state index is 5.40. The van der Waals surface area contributed by atoms with E-state index in [2.05, 4.69) is 20.4 Å². The van der Waals surface area contributed by atoms with Crippen LogP contribution in [0, 0.1) is 0 Å². The molecule has 0 fully saturated rings. The predicted molar refractivity (Wildman–Crippen MR) is 61.7 cm³/mol. The van der Waals surface area contributed by atoms with E-state index in [1.807, 2.05) is 0 Å². The first kappa shape index (κ1) is 10.5. The fourth-order valence-electron chi connectivity index (χ4n) is 1.06. The largest absolute Gasteiger partial charge is 0.388 e. The van der Waals surface area contributed by atoms with Crippen molar-refractivity contribution in [3.8, 4) is 0 Å². The van der Waals surface area contributed by atoms with Crippen molar-refractivity contribution in [1.82, 2.24) is 15.1 Å². The van der Waals surface area contributed by atoms with Crippen molar-refractivity contribution in [3.63, 3.8) is 0 Å². The highest BCUT2D eigenvalue weighted by atomic mass is 32.1. The average molecular weight is 235 g/mol. The van der Waals surface area contributed by atoms with Crippen LogP contribution in [-0.4, -0.2) is 20.1 Å². The van der Waals surface area contributed by atoms with E-state index in [9.17, 15) is 0 Å². The van der Waals surface area contributed by atoms with Gasteiger partial charge in [0.15, 0.2) is 0 Å². The van der Waals surface area contributed by atoms with Crippen molar-refractivity contribution < 1.29 is 4.52 Å². The Kier molecular flexibility index (Phi) is 3.06. The first-order valence-corrected chi connectivity index (χ1v) is 4.91. The number of rotatable bonds is 4. The van der Waals surface area contributed by atoms with Gasteiger partial charge >= 0.3 is 0 Å². The highest BCUT2D eigenvalue weighted by molar-refractivity contribution is 7.80. The van der Waals surface area contributed by atoms with E-state index in [1.54, 1.807) is 12.3 Å². The summed E-state index contributed by atoms with van der Waals surface area (Å²) >= 11 is 4.77. The molecule has 0 radical (unpaired) electrons. The Morgan fingerprint density at radius 3 is 2.88 bits per heavy atom. The zero-order chi connectivity index (χ0) is 11.4. The normalized spacial score (nSPS) is 10.0. The highest BCUT2D eigenvalue weighted by Crippen LogP contribution is 2.03. The molecular formula is C9H9N5OS. The van der Waals surface area contributed by atoms with Gasteiger partial charge in [0.2, 0.25) is 0 Å². The second kappa shape index (κ2) is 4.67. The Labute approximate surface area is 96.9 Å². The lowest BCUT2D eigenvalue weighted by molar-refractivity contribution is 0.412. The monoisotopic (exact) mass is 235 g/mol. The first-order chi connectivity index (χ1) is 7.75. The third kappa shape index (κ3) is 2.51. The molecule has 0 spiro atoms. The molecule has 0 atom stereocenters. The van der Waals surface area contributed by atoms with Gasteiger partial charge in [-0.1, -0.05) is 17.4 Å². The number of thiocarbonyl (C=S) groups is 1. The Balaban J connectivity index is 1.98. The summed E-state index contributed by atoms with van der Waals surface area (Å²) in [6.45, 7) is 0.525. The Morgan fingerprint density at radius 1 is 1.44 bits per heavy atom. The molecule has 0 unspecified atom stereocenters. The number of anilines is 1. The second-order valence-electron chi connectivity index (χ2n) is 3.00. The lowest BCUT2D eigenvalue weighted by Gasteiger charge is -2.02. The topological polar surface area (TPSA) is 89.9 Å². The summed E-state index contributed by atoms with van der Waals surface area (Å²) in [5, 5.41) is 6.78. The molecule has 0 amide bonds. The molecule has 16 heavy (non-hydrogen) atoms. The molecule has 0 bridgehead atoms. The summed E-state index contributed by atoms with van der Waals surface area (Å²) in [5.41, 5.74) is 6.69. The van der Waals surface area contributed by atoms with Gasteiger partial charge in [0, 0.05) is 6.07 Å². The Bertz CT molecular complexity index is 467. The van der Waals surface area contributed by atoms with E-state index in [0.717, 1.165) is 5.69 Å². The third-order valence-corrected chi connectivity index (χ3v) is 2.06. The molecule has 82 valence electrons. The molecule has 0 aliphatic heterocycles. The molecule has 7 heteroatoms. The number of hydrogen-bond acceptors (Lipinski definition) is 6. The molecule has 2 aromatic heterocycles. The Morgan fingerprint density at radius 2 is 2.31 bits per heavy atom. The number of nitrogens with zero attached hydrogens (tertiary/aromatic N) is 3. The average Bonchev–Trinajstić information content (AvgIpc) is 2.80. The summed E-state index contributed by atoms with van der Waals surface area (Å²) in [7, 11) is 0. The van der Waals surface area contributed by atoms with Crippen molar-refractivity contribution in [1.29, 1.82) is 0 Å². The highest BCUT2D eigenvalue weighted by Gasteiger charge is 2.00. The van der Waals surface area contributed by atoms with Gasteiger partial charge in [0.05, 0.1) is 18.9 Å². The molecule has 0 aliphatic carbocycles. The smallest absolute Gasteiger partial charge is 0.144 e. The summed E-state index contributed by atoms with van der Waals surface area (Å²) in [6, 6.07) is 1.77. The minimum Gasteiger partial charge on any atom is -0.388 e. The van der Waals surface area contributed by atoms with Crippen LogP contribution in [0.25, 0.3) is 0 Å². The van der Waals surface area contributed by atoms with Crippen LogP contribution in [0.1, 0.15) is 11.4 Å². The lowest BCUT2D eigenvalue weighted by Crippen LogP contribution is -2.12. The van der Waals surface area contributed by atoms with E-state index in [-0.39, 0.29) is 4.99 Å². The maximum Gasteiger partial charge on any atom is 0.144 e. The third-order valence-electron chi connectivity index (χ3n) is 1.85. The molecule has 6 nitrogen and oxygen atoms in total. The van der Waals surface area contributed by atoms with E-state index in [1.165, 1.54) is 12.5 Å². The van der Waals surface area contributed by atoms with Crippen LogP contribution in [0.3, 0.4) is 0 Å². The fourth-order valence-corrected chi connectivity index (χ4v) is 1.16. The molecule has 0 aliphatic rings. The van der Waals surface area contributed by atoms with Gasteiger partial charge in [-0.05, 0) is 0 Å². The number of nitrogens with one attached hydrogen (secondary N) is 1. The standard InChI is InChI=1S/C9H9N5OS/c10-9(16)7-4-13-8(5-11-7)12-3-6-1-2-15-14-6/h1-2,4-5H,3H2,(H2,10,16)(H,12,13). The minimum absolute atomic E-state index is 0.232. The van der Waals surface area contributed by atoms with E-state index in [0.29, 0.717) is 18.1 Å². The van der Waals surface area contributed by atoms with Gasteiger partial charge in [-0.3, -0.25) is 0 Å². The minimum atomic E-state index is 0.232. The molecule has 3 N–H and O–H groups in total. The van der Waals surface area contributed by atoms with E-state index < -0.39 is 0 Å². The van der Waals surface area contributed by atoms with Crippen molar-refractivity contribution >= 4 is 23.0 Å². The summed E-state index contributed by atoms with van der Waals surface area (Å²) in [4.78, 5) is 8.37. The van der Waals surface area contributed by atoms with Crippen LogP contribution in [0.5, 0.6) is 0 Å². The molecule has 2 rings (SSSR count). The number of nitrogens with two attached hydrogens (primary N) is 1. The summed E-state index contributed by atoms with van der Waals surface area (Å²) in [6.07, 6.45) is 4.60. The number of aromatic nitrogens is 3. The summed E-state index contributed by atoms with van der Waals surface area (Å²) < 4.78 is 4.69. The van der Waals surface area contributed by atoms with Crippen LogP contribution < -0.4 is 11.1 Å². The van der Waals surface area contributed by atoms with Crippen LogP contribution in [-0.2, 0) is 6.54 Å². The van der Waals surface area contributed by atoms with Crippen molar-refractivity contribution in [3.05, 3.63) is 36.1 Å². The fraction of sp³-hybridized carbons (Fsp3) is 0.111. The van der Waals surface area contributed by atoms with Crippen LogP contribution in [0.4, 0.5) is 5.82 Å². The van der Waals surface area contributed by atoms with Crippen LogP contribution in [0.15, 0.2) is 29.2 Å². The summed E-state index contributed by atoms with van der Waals surface area (Å²) in [5.74, 6) is 0.628.